The molecule has 3 aromatic rings. The van der Waals surface area contributed by atoms with Gasteiger partial charge in [0.15, 0.2) is 5.17 Å². The van der Waals surface area contributed by atoms with E-state index in [1.54, 1.807) is 24.3 Å². The fourth-order valence-corrected chi connectivity index (χ4v) is 5.39. The van der Waals surface area contributed by atoms with E-state index in [1.807, 2.05) is 30.3 Å². The van der Waals surface area contributed by atoms with Gasteiger partial charge >= 0.3 is 0 Å². The van der Waals surface area contributed by atoms with E-state index in [0.29, 0.717) is 26.5 Å². The number of benzene rings is 2. The zero-order valence-electron chi connectivity index (χ0n) is 17.3. The van der Waals surface area contributed by atoms with Crippen LogP contribution in [0, 0.1) is 0 Å². The Hall–Kier alpha value is -2.38. The molecule has 2 aliphatic rings. The molecule has 0 aliphatic carbocycles. The lowest BCUT2D eigenvalue weighted by molar-refractivity contribution is -0.113. The van der Waals surface area contributed by atoms with Crippen molar-refractivity contribution < 1.29 is 9.21 Å². The van der Waals surface area contributed by atoms with Crippen LogP contribution in [-0.2, 0) is 4.79 Å². The second-order valence-corrected chi connectivity index (χ2v) is 9.88. The zero-order valence-corrected chi connectivity index (χ0v) is 20.4. The molecule has 0 unspecified atom stereocenters. The van der Waals surface area contributed by atoms with E-state index in [2.05, 4.69) is 20.9 Å². The molecule has 0 atom stereocenters. The number of carbonyl (C=O) groups excluding carboxylic acids is 1. The Balaban J connectivity index is 1.24. The monoisotopic (exact) mass is 517 g/mol. The Bertz CT molecular complexity index is 1280. The lowest BCUT2D eigenvalue weighted by Gasteiger charge is -2.36. The molecule has 0 N–H and O–H groups in total. The van der Waals surface area contributed by atoms with E-state index in [-0.39, 0.29) is 5.91 Å². The summed E-state index contributed by atoms with van der Waals surface area (Å²) < 4.78 is 5.90. The first-order chi connectivity index (χ1) is 16.0. The average Bonchev–Trinajstić information content (AvgIpc) is 3.41. The molecule has 5 rings (SSSR count). The minimum atomic E-state index is -0.255. The normalized spacial score (nSPS) is 17.7. The number of piperazine rings is 1. The van der Waals surface area contributed by atoms with Gasteiger partial charge in [-0.25, -0.2) is 0 Å². The molecule has 168 valence electrons. The molecule has 2 aromatic carbocycles. The smallest absolute Gasteiger partial charge is 0.286 e. The minimum absolute atomic E-state index is 0.255. The predicted octanol–water partition coefficient (Wildman–Crippen LogP) is 6.70. The van der Waals surface area contributed by atoms with Gasteiger partial charge in [0, 0.05) is 53.6 Å². The molecule has 33 heavy (non-hydrogen) atoms. The number of rotatable bonds is 3. The highest BCUT2D eigenvalue weighted by molar-refractivity contribution is 8.18. The number of amidine groups is 1. The Morgan fingerprint density at radius 2 is 1.67 bits per heavy atom. The van der Waals surface area contributed by atoms with Crippen LogP contribution in [0.3, 0.4) is 0 Å². The fraction of sp³-hybridized carbons (Fsp3) is 0.167. The van der Waals surface area contributed by atoms with Crippen molar-refractivity contribution in [3.05, 3.63) is 80.3 Å². The van der Waals surface area contributed by atoms with Crippen LogP contribution >= 0.6 is 46.6 Å². The summed E-state index contributed by atoms with van der Waals surface area (Å²) in [6.45, 7) is 3.21. The number of hydrogen-bond donors (Lipinski definition) is 0. The third-order valence-electron chi connectivity index (χ3n) is 5.43. The van der Waals surface area contributed by atoms with Crippen LogP contribution < -0.4 is 4.90 Å². The van der Waals surface area contributed by atoms with E-state index in [1.165, 1.54) is 11.8 Å². The number of hydrogen-bond acceptors (Lipinski definition) is 5. The van der Waals surface area contributed by atoms with Crippen molar-refractivity contribution in [1.82, 2.24) is 4.90 Å². The highest BCUT2D eigenvalue weighted by atomic mass is 35.5. The van der Waals surface area contributed by atoms with Gasteiger partial charge in [0.05, 0.1) is 9.93 Å². The molecule has 5 nitrogen and oxygen atoms in total. The van der Waals surface area contributed by atoms with Crippen molar-refractivity contribution in [1.29, 1.82) is 0 Å². The number of carbonyl (C=O) groups is 1. The van der Waals surface area contributed by atoms with Crippen molar-refractivity contribution in [3.8, 4) is 11.3 Å². The Morgan fingerprint density at radius 3 is 2.42 bits per heavy atom. The number of halogens is 3. The predicted molar refractivity (Wildman–Crippen MR) is 137 cm³/mol. The van der Waals surface area contributed by atoms with E-state index in [0.717, 1.165) is 47.6 Å². The second kappa shape index (κ2) is 9.47. The van der Waals surface area contributed by atoms with Crippen molar-refractivity contribution in [2.45, 2.75) is 0 Å². The molecule has 0 saturated carbocycles. The zero-order chi connectivity index (χ0) is 22.9. The first-order valence-corrected chi connectivity index (χ1v) is 12.2. The van der Waals surface area contributed by atoms with Crippen LogP contribution in [0.15, 0.2) is 68.9 Å². The van der Waals surface area contributed by atoms with E-state index in [4.69, 9.17) is 39.2 Å². The summed E-state index contributed by atoms with van der Waals surface area (Å²) in [4.78, 5) is 21.8. The third-order valence-corrected chi connectivity index (χ3v) is 7.26. The van der Waals surface area contributed by atoms with Crippen molar-refractivity contribution in [2.75, 3.05) is 31.1 Å². The van der Waals surface area contributed by atoms with Crippen molar-refractivity contribution in [2.24, 2.45) is 4.99 Å². The quantitative estimate of drug-likeness (QED) is 0.361. The summed E-state index contributed by atoms with van der Waals surface area (Å²) in [7, 11) is 0. The number of nitrogens with zero attached hydrogens (tertiary/aromatic N) is 3. The summed E-state index contributed by atoms with van der Waals surface area (Å²) in [6, 6.07) is 16.7. The molecule has 0 spiro atoms. The molecule has 9 heteroatoms. The van der Waals surface area contributed by atoms with Crippen LogP contribution in [0.5, 0.6) is 0 Å². The van der Waals surface area contributed by atoms with E-state index in [9.17, 15) is 4.79 Å². The molecule has 1 saturated heterocycles. The summed E-state index contributed by atoms with van der Waals surface area (Å²) in [5.74, 6) is 0.918. The Kier molecular flexibility index (Phi) is 6.43. The molecule has 1 fully saturated rings. The molecule has 3 heterocycles. The maximum Gasteiger partial charge on any atom is 0.286 e. The molecular formula is C24H18Cl3N3O2S. The van der Waals surface area contributed by atoms with Gasteiger partial charge in [-0.2, -0.15) is 4.99 Å². The third kappa shape index (κ3) is 4.94. The number of aliphatic imine (C=N–C) groups is 1. The Morgan fingerprint density at radius 1 is 0.909 bits per heavy atom. The van der Waals surface area contributed by atoms with Gasteiger partial charge in [0.1, 0.15) is 11.5 Å². The van der Waals surface area contributed by atoms with Crippen molar-refractivity contribution >= 4 is 69.4 Å². The van der Waals surface area contributed by atoms with E-state index < -0.39 is 0 Å². The largest absolute Gasteiger partial charge is 0.457 e. The summed E-state index contributed by atoms with van der Waals surface area (Å²) in [5.41, 5.74) is 1.85. The Labute approximate surface area is 210 Å². The van der Waals surface area contributed by atoms with Gasteiger partial charge < -0.3 is 14.2 Å². The first-order valence-electron chi connectivity index (χ1n) is 10.3. The van der Waals surface area contributed by atoms with Crippen LogP contribution in [0.25, 0.3) is 17.4 Å². The van der Waals surface area contributed by atoms with E-state index >= 15 is 0 Å². The number of anilines is 1. The first kappa shape index (κ1) is 22.4. The average molecular weight is 519 g/mol. The molecular weight excluding hydrogens is 501 g/mol. The highest BCUT2D eigenvalue weighted by Gasteiger charge is 2.29. The number of amides is 1. The highest BCUT2D eigenvalue weighted by Crippen LogP contribution is 2.35. The summed E-state index contributed by atoms with van der Waals surface area (Å²) in [5, 5.41) is 2.52. The van der Waals surface area contributed by atoms with Crippen LogP contribution in [0.1, 0.15) is 5.76 Å². The standard InChI is InChI=1S/C24H18Cl3N3O2S/c25-15-2-1-3-17(12-15)29-8-10-30(11-9-29)24-28-23(31)22(33-24)14-18-5-7-21(32-18)19-6-4-16(26)13-20(19)27/h1-7,12-14H,8-11H2. The fourth-order valence-electron chi connectivity index (χ4n) is 3.76. The van der Waals surface area contributed by atoms with Gasteiger partial charge in [-0.05, 0) is 60.3 Å². The van der Waals surface area contributed by atoms with Gasteiger partial charge in [-0.15, -0.1) is 0 Å². The topological polar surface area (TPSA) is 49.1 Å². The summed E-state index contributed by atoms with van der Waals surface area (Å²) >= 11 is 19.7. The van der Waals surface area contributed by atoms with Crippen molar-refractivity contribution in [3.63, 3.8) is 0 Å². The molecule has 1 amide bonds. The van der Waals surface area contributed by atoms with Gasteiger partial charge in [0.25, 0.3) is 5.91 Å². The molecule has 0 bridgehead atoms. The van der Waals surface area contributed by atoms with Crippen LogP contribution in [0.4, 0.5) is 5.69 Å². The molecule has 2 aliphatic heterocycles. The lowest BCUT2D eigenvalue weighted by Crippen LogP contribution is -2.47. The van der Waals surface area contributed by atoms with Gasteiger partial charge in [-0.3, -0.25) is 4.79 Å². The second-order valence-electron chi connectivity index (χ2n) is 7.59. The lowest BCUT2D eigenvalue weighted by atomic mass is 10.2. The molecule has 0 radical (unpaired) electrons. The van der Waals surface area contributed by atoms with Crippen LogP contribution in [-0.4, -0.2) is 42.2 Å². The maximum atomic E-state index is 12.5. The van der Waals surface area contributed by atoms with Crippen LogP contribution in [0.2, 0.25) is 15.1 Å². The summed E-state index contributed by atoms with van der Waals surface area (Å²) in [6.07, 6.45) is 1.72. The molecule has 1 aromatic heterocycles. The number of thioether (sulfide) groups is 1. The minimum Gasteiger partial charge on any atom is -0.457 e. The number of furan rings is 1. The van der Waals surface area contributed by atoms with Gasteiger partial charge in [-0.1, -0.05) is 40.9 Å². The maximum absolute atomic E-state index is 12.5. The SMILES string of the molecule is O=C1N=C(N2CCN(c3cccc(Cl)c3)CC2)SC1=Cc1ccc(-c2ccc(Cl)cc2Cl)o1. The van der Waals surface area contributed by atoms with Gasteiger partial charge in [0.2, 0.25) is 0 Å².